The Morgan fingerprint density at radius 3 is 2.62 bits per heavy atom. The number of nitrogens with one attached hydrogen (secondary N) is 1. The normalized spacial score (nSPS) is 19.6. The van der Waals surface area contributed by atoms with Gasteiger partial charge in [0.2, 0.25) is 0 Å². The third kappa shape index (κ3) is 5.57. The average molecular weight is 528 g/mol. The minimum atomic E-state index is -0.700. The molecule has 0 bridgehead atoms. The van der Waals surface area contributed by atoms with E-state index in [1.165, 1.54) is 5.56 Å². The number of nitrogens with zero attached hydrogens (tertiary/aromatic N) is 2. The highest BCUT2D eigenvalue weighted by Gasteiger charge is 2.35. The average Bonchev–Trinajstić information content (AvgIpc) is 3.27. The number of ether oxygens (including phenoxy) is 2. The molecule has 2 atom stereocenters. The number of aromatic nitrogens is 1. The van der Waals surface area contributed by atoms with Crippen LogP contribution in [-0.2, 0) is 11.2 Å². The van der Waals surface area contributed by atoms with E-state index < -0.39 is 6.10 Å². The fourth-order valence-corrected chi connectivity index (χ4v) is 5.67. The second-order valence-electron chi connectivity index (χ2n) is 9.78. The number of aliphatic hydroxyl groups excluding tert-OH is 2. The summed E-state index contributed by atoms with van der Waals surface area (Å²) in [5.74, 6) is 0.791. The van der Waals surface area contributed by atoms with Crippen LogP contribution in [0.25, 0.3) is 10.9 Å². The van der Waals surface area contributed by atoms with Gasteiger partial charge in [-0.2, -0.15) is 0 Å². The molecule has 9 heteroatoms. The number of halogens is 1. The molecule has 2 aliphatic heterocycles. The number of carbonyl (C=O) groups excluding carboxylic acids is 1. The number of H-pyrrole nitrogens is 1. The summed E-state index contributed by atoms with van der Waals surface area (Å²) in [5, 5.41) is 20.5. The van der Waals surface area contributed by atoms with E-state index in [-0.39, 0.29) is 24.8 Å². The molecule has 37 heavy (non-hydrogen) atoms. The lowest BCUT2D eigenvalue weighted by molar-refractivity contribution is 0.0346. The van der Waals surface area contributed by atoms with Crippen molar-refractivity contribution in [1.82, 2.24) is 14.8 Å². The molecule has 3 aromatic rings. The molecular formula is C28H34ClN3O5. The van der Waals surface area contributed by atoms with Gasteiger partial charge in [0, 0.05) is 47.8 Å². The molecule has 3 N–H and O–H groups in total. The number of aliphatic hydroxyl groups is 2. The summed E-state index contributed by atoms with van der Waals surface area (Å²) in [5.41, 5.74) is 4.15. The van der Waals surface area contributed by atoms with E-state index in [9.17, 15) is 9.90 Å². The topological polar surface area (TPSA) is 98.3 Å². The van der Waals surface area contributed by atoms with Gasteiger partial charge in [-0.3, -0.25) is 4.90 Å². The highest BCUT2D eigenvalue weighted by atomic mass is 35.5. The van der Waals surface area contributed by atoms with Crippen molar-refractivity contribution in [3.63, 3.8) is 0 Å². The van der Waals surface area contributed by atoms with Crippen LogP contribution < -0.4 is 4.74 Å². The summed E-state index contributed by atoms with van der Waals surface area (Å²) in [4.78, 5) is 20.4. The van der Waals surface area contributed by atoms with E-state index in [1.54, 1.807) is 4.90 Å². The number of β-amino-alcohol motifs (C(OH)–C–C–N with tert-alkyl or cyclic N) is 1. The number of aromatic amines is 1. The highest BCUT2D eigenvalue weighted by molar-refractivity contribution is 6.31. The smallest absolute Gasteiger partial charge is 0.410 e. The Hall–Kier alpha value is -2.78. The number of fused-ring (bicyclic) bond motifs is 3. The van der Waals surface area contributed by atoms with Crippen molar-refractivity contribution >= 4 is 28.6 Å². The molecule has 2 aliphatic rings. The lowest BCUT2D eigenvalue weighted by Crippen LogP contribution is -2.42. The van der Waals surface area contributed by atoms with Crippen LogP contribution >= 0.6 is 11.6 Å². The van der Waals surface area contributed by atoms with E-state index in [0.29, 0.717) is 24.7 Å². The van der Waals surface area contributed by atoms with E-state index in [0.717, 1.165) is 60.3 Å². The summed E-state index contributed by atoms with van der Waals surface area (Å²) in [6.45, 7) is 4.61. The van der Waals surface area contributed by atoms with Gasteiger partial charge < -0.3 is 29.6 Å². The lowest BCUT2D eigenvalue weighted by atomic mass is 9.92. The van der Waals surface area contributed by atoms with Crippen LogP contribution in [0.1, 0.15) is 42.6 Å². The summed E-state index contributed by atoms with van der Waals surface area (Å²) < 4.78 is 11.7. The van der Waals surface area contributed by atoms with Gasteiger partial charge in [0.1, 0.15) is 17.9 Å². The van der Waals surface area contributed by atoms with E-state index >= 15 is 0 Å². The van der Waals surface area contributed by atoms with Gasteiger partial charge in [-0.15, -0.1) is 0 Å². The second kappa shape index (κ2) is 11.3. The highest BCUT2D eigenvalue weighted by Crippen LogP contribution is 2.40. The van der Waals surface area contributed by atoms with Crippen LogP contribution in [-0.4, -0.2) is 82.7 Å². The second-order valence-corrected chi connectivity index (χ2v) is 10.2. The molecule has 8 nitrogen and oxygen atoms in total. The van der Waals surface area contributed by atoms with Crippen molar-refractivity contribution < 1.29 is 24.5 Å². The minimum Gasteiger partial charge on any atom is -0.490 e. The number of carbonyl (C=O) groups is 1. The summed E-state index contributed by atoms with van der Waals surface area (Å²) >= 11 is 6.29. The maximum atomic E-state index is 12.9. The van der Waals surface area contributed by atoms with Gasteiger partial charge in [0.25, 0.3) is 0 Å². The third-order valence-corrected chi connectivity index (χ3v) is 7.54. The maximum Gasteiger partial charge on any atom is 0.410 e. The number of piperidine rings is 1. The van der Waals surface area contributed by atoms with E-state index in [2.05, 4.69) is 9.88 Å². The third-order valence-electron chi connectivity index (χ3n) is 7.30. The van der Waals surface area contributed by atoms with E-state index in [1.807, 2.05) is 49.4 Å². The number of hydrogen-bond acceptors (Lipinski definition) is 6. The first kappa shape index (κ1) is 25.9. The van der Waals surface area contributed by atoms with Crippen LogP contribution in [0.3, 0.4) is 0 Å². The Balaban J connectivity index is 1.35. The minimum absolute atomic E-state index is 0.101. The number of likely N-dealkylation sites (tertiary alicyclic amines) is 1. The molecule has 198 valence electrons. The zero-order valence-corrected chi connectivity index (χ0v) is 21.8. The van der Waals surface area contributed by atoms with Gasteiger partial charge in [0.05, 0.1) is 19.3 Å². The van der Waals surface area contributed by atoms with Gasteiger partial charge >= 0.3 is 6.09 Å². The maximum absolute atomic E-state index is 12.9. The standard InChI is InChI=1S/C28H34ClN3O5/c1-2-36-28(35)32-14-11-23-24-15-19(29)5-8-25(24)30-26(23)27(32)18-3-6-21(7-4-18)37-22-9-12-31(13-10-22)16-20(34)17-33/h3-8,15,20,22,27,30,33-34H,2,9-14,16-17H2,1H3/t20-,27-/m0/s1. The SMILES string of the molecule is CCOC(=O)N1CCc2c([nH]c3ccc(Cl)cc23)[C@@H]1c1ccc(OC2CCN(C[C@H](O)CO)CC2)cc1. The van der Waals surface area contributed by atoms with Crippen LogP contribution in [0.4, 0.5) is 4.79 Å². The predicted octanol–water partition coefficient (Wildman–Crippen LogP) is 4.12. The van der Waals surface area contributed by atoms with Crippen molar-refractivity contribution in [3.05, 3.63) is 64.3 Å². The van der Waals surface area contributed by atoms with Gasteiger partial charge in [-0.25, -0.2) is 4.79 Å². The van der Waals surface area contributed by atoms with Crippen LogP contribution in [0.2, 0.25) is 5.02 Å². The van der Waals surface area contributed by atoms with Crippen molar-refractivity contribution in [2.24, 2.45) is 0 Å². The van der Waals surface area contributed by atoms with Gasteiger partial charge in [-0.05, 0) is 67.6 Å². The Morgan fingerprint density at radius 1 is 1.16 bits per heavy atom. The Kier molecular flexibility index (Phi) is 7.90. The van der Waals surface area contributed by atoms with Gasteiger partial charge in [-0.1, -0.05) is 23.7 Å². The Labute approximate surface area is 221 Å². The van der Waals surface area contributed by atoms with Crippen molar-refractivity contribution in [2.75, 3.05) is 39.4 Å². The summed E-state index contributed by atoms with van der Waals surface area (Å²) in [6, 6.07) is 13.5. The Bertz CT molecular complexity index is 1220. The molecular weight excluding hydrogens is 494 g/mol. The zero-order valence-electron chi connectivity index (χ0n) is 21.0. The lowest BCUT2D eigenvalue weighted by Gasteiger charge is -2.35. The molecule has 0 unspecified atom stereocenters. The summed E-state index contributed by atoms with van der Waals surface area (Å²) in [7, 11) is 0. The predicted molar refractivity (Wildman–Crippen MR) is 142 cm³/mol. The molecule has 1 aromatic heterocycles. The first-order chi connectivity index (χ1) is 18.0. The molecule has 1 amide bonds. The zero-order chi connectivity index (χ0) is 25.9. The first-order valence-electron chi connectivity index (χ1n) is 13.0. The van der Waals surface area contributed by atoms with Crippen molar-refractivity contribution in [2.45, 2.75) is 44.4 Å². The first-order valence-corrected chi connectivity index (χ1v) is 13.4. The molecule has 0 radical (unpaired) electrons. The van der Waals surface area contributed by atoms with Crippen molar-refractivity contribution in [3.8, 4) is 5.75 Å². The molecule has 1 fully saturated rings. The molecule has 2 aromatic carbocycles. The monoisotopic (exact) mass is 527 g/mol. The van der Waals surface area contributed by atoms with Crippen LogP contribution in [0, 0.1) is 0 Å². The van der Waals surface area contributed by atoms with Crippen LogP contribution in [0.5, 0.6) is 5.75 Å². The number of amides is 1. The molecule has 0 aliphatic carbocycles. The largest absolute Gasteiger partial charge is 0.490 e. The molecule has 0 saturated carbocycles. The molecule has 1 saturated heterocycles. The number of rotatable bonds is 7. The van der Waals surface area contributed by atoms with Gasteiger partial charge in [0.15, 0.2) is 0 Å². The fourth-order valence-electron chi connectivity index (χ4n) is 5.50. The Morgan fingerprint density at radius 2 is 1.92 bits per heavy atom. The number of hydrogen-bond donors (Lipinski definition) is 3. The van der Waals surface area contributed by atoms with Crippen molar-refractivity contribution in [1.29, 1.82) is 0 Å². The quantitative estimate of drug-likeness (QED) is 0.427. The molecule has 0 spiro atoms. The van der Waals surface area contributed by atoms with Crippen LogP contribution in [0.15, 0.2) is 42.5 Å². The van der Waals surface area contributed by atoms with E-state index in [4.69, 9.17) is 26.2 Å². The fraction of sp³-hybridized carbons (Fsp3) is 0.464. The molecule has 5 rings (SSSR count). The summed E-state index contributed by atoms with van der Waals surface area (Å²) in [6.07, 6.45) is 1.52. The number of benzene rings is 2. The molecule has 3 heterocycles.